The van der Waals surface area contributed by atoms with E-state index in [2.05, 4.69) is 102 Å². The van der Waals surface area contributed by atoms with E-state index < -0.39 is 0 Å². The molecule has 0 saturated heterocycles. The van der Waals surface area contributed by atoms with Crippen molar-refractivity contribution in [1.82, 2.24) is 9.38 Å². The molecule has 1 aliphatic heterocycles. The number of pyridine rings is 1. The van der Waals surface area contributed by atoms with Crippen molar-refractivity contribution in [2.24, 2.45) is 0 Å². The van der Waals surface area contributed by atoms with Crippen molar-refractivity contribution in [2.45, 2.75) is 83.5 Å². The van der Waals surface area contributed by atoms with Gasteiger partial charge in [-0.2, -0.15) is 0 Å². The Balaban J connectivity index is 1.64. The molecule has 6 aromatic rings. The van der Waals surface area contributed by atoms with Crippen molar-refractivity contribution in [3.05, 3.63) is 70.9 Å². The van der Waals surface area contributed by atoms with Gasteiger partial charge in [0.1, 0.15) is 16.8 Å². The number of fused-ring (bicyclic) bond motifs is 3. The van der Waals surface area contributed by atoms with Gasteiger partial charge in [-0.1, -0.05) is 60.6 Å². The number of imidazole rings is 1. The van der Waals surface area contributed by atoms with Crippen LogP contribution in [-0.4, -0.2) is 9.38 Å². The molecule has 0 amide bonds. The summed E-state index contributed by atoms with van der Waals surface area (Å²) in [6, 6.07) is 16.1. The molecule has 2 atom stereocenters. The molecule has 0 saturated carbocycles. The van der Waals surface area contributed by atoms with E-state index >= 15 is 0 Å². The van der Waals surface area contributed by atoms with Crippen LogP contribution in [0.15, 0.2) is 53.1 Å². The minimum Gasteiger partial charge on any atom is -0.456 e. The average Bonchev–Trinajstić information content (AvgIpc) is 3.28. The van der Waals surface area contributed by atoms with Crippen molar-refractivity contribution in [2.75, 3.05) is 0 Å². The largest absolute Gasteiger partial charge is 0.456 e. The summed E-state index contributed by atoms with van der Waals surface area (Å²) in [5, 5.41) is 4.91. The third kappa shape index (κ3) is 2.65. The first kappa shape index (κ1) is 21.7. The first-order chi connectivity index (χ1) is 17.4. The van der Waals surface area contributed by atoms with E-state index in [1.54, 1.807) is 0 Å². The Hall–Kier alpha value is -3.33. The molecular weight excluding hydrogens is 452 g/mol. The highest BCUT2D eigenvalue weighted by atomic mass is 16.3. The summed E-state index contributed by atoms with van der Waals surface area (Å²) in [5.41, 5.74) is 11.3. The van der Waals surface area contributed by atoms with E-state index in [0.717, 1.165) is 28.8 Å². The van der Waals surface area contributed by atoms with Gasteiger partial charge in [-0.25, -0.2) is 4.98 Å². The predicted molar refractivity (Wildman–Crippen MR) is 154 cm³/mol. The maximum absolute atomic E-state index is 6.58. The number of aromatic nitrogens is 2. The lowest BCUT2D eigenvalue weighted by molar-refractivity contribution is 0.338. The summed E-state index contributed by atoms with van der Waals surface area (Å²) < 4.78 is 8.96. The monoisotopic (exact) mass is 486 g/mol. The molecule has 3 nitrogen and oxygen atoms in total. The van der Waals surface area contributed by atoms with Crippen LogP contribution < -0.4 is 0 Å². The van der Waals surface area contributed by atoms with E-state index in [4.69, 9.17) is 9.40 Å². The van der Waals surface area contributed by atoms with E-state index in [9.17, 15) is 0 Å². The molecule has 2 unspecified atom stereocenters. The highest BCUT2D eigenvalue weighted by Gasteiger charge is 2.46. The van der Waals surface area contributed by atoms with Crippen molar-refractivity contribution in [3.63, 3.8) is 0 Å². The van der Waals surface area contributed by atoms with Gasteiger partial charge >= 0.3 is 0 Å². The second-order valence-electron chi connectivity index (χ2n) is 13.9. The molecule has 8 rings (SSSR count). The van der Waals surface area contributed by atoms with Gasteiger partial charge in [0.15, 0.2) is 0 Å². The second kappa shape index (κ2) is 6.38. The van der Waals surface area contributed by atoms with Crippen LogP contribution in [0.5, 0.6) is 0 Å². The SMILES string of the molecule is CC1CC2(C)CC(C)(C)c3cc4c(cc32)nc2c3c1ccc1oc5ccc(C(C)(C)C)cc5c(cn42)c13. The Kier molecular flexibility index (Phi) is 3.75. The van der Waals surface area contributed by atoms with Gasteiger partial charge in [-0.15, -0.1) is 0 Å². The van der Waals surface area contributed by atoms with Crippen molar-refractivity contribution >= 4 is 49.4 Å². The molecular formula is C34H34N2O. The molecule has 2 aliphatic rings. The lowest BCUT2D eigenvalue weighted by Gasteiger charge is -2.31. The van der Waals surface area contributed by atoms with Crippen LogP contribution in [0.1, 0.15) is 89.5 Å². The Labute approximate surface area is 217 Å². The highest BCUT2D eigenvalue weighted by molar-refractivity contribution is 6.22. The Bertz CT molecular complexity index is 1980. The van der Waals surface area contributed by atoms with Gasteiger partial charge in [0.2, 0.25) is 0 Å². The molecule has 0 N–H and O–H groups in total. The first-order valence-electron chi connectivity index (χ1n) is 13.7. The van der Waals surface area contributed by atoms with Gasteiger partial charge in [0.25, 0.3) is 0 Å². The fourth-order valence-electron chi connectivity index (χ4n) is 8.06. The number of hydrogen-bond acceptors (Lipinski definition) is 2. The summed E-state index contributed by atoms with van der Waals surface area (Å²) in [5.74, 6) is 0.402. The number of nitrogens with zero attached hydrogens (tertiary/aromatic N) is 2. The van der Waals surface area contributed by atoms with Crippen LogP contribution in [0.25, 0.3) is 49.4 Å². The van der Waals surface area contributed by atoms with Crippen LogP contribution in [0, 0.1) is 0 Å². The molecule has 4 heterocycles. The minimum absolute atomic E-state index is 0.0632. The lowest BCUT2D eigenvalue weighted by Crippen LogP contribution is -2.24. The van der Waals surface area contributed by atoms with Crippen LogP contribution in [-0.2, 0) is 16.2 Å². The second-order valence-corrected chi connectivity index (χ2v) is 13.9. The van der Waals surface area contributed by atoms with Crippen molar-refractivity contribution in [1.29, 1.82) is 0 Å². The number of benzene rings is 3. The summed E-state index contributed by atoms with van der Waals surface area (Å²) >= 11 is 0. The Morgan fingerprint density at radius 1 is 0.919 bits per heavy atom. The van der Waals surface area contributed by atoms with E-state index in [0.29, 0.717) is 5.92 Å². The van der Waals surface area contributed by atoms with Crippen LogP contribution in [0.3, 0.4) is 0 Å². The zero-order chi connectivity index (χ0) is 25.6. The van der Waals surface area contributed by atoms with E-state index in [1.807, 2.05) is 0 Å². The quantitative estimate of drug-likeness (QED) is 0.158. The molecule has 3 bridgehead atoms. The molecule has 186 valence electrons. The van der Waals surface area contributed by atoms with Gasteiger partial charge in [-0.3, -0.25) is 4.40 Å². The molecule has 3 aromatic carbocycles. The van der Waals surface area contributed by atoms with Gasteiger partial charge < -0.3 is 4.42 Å². The molecule has 3 heteroatoms. The van der Waals surface area contributed by atoms with Crippen molar-refractivity contribution in [3.8, 4) is 0 Å². The first-order valence-corrected chi connectivity index (χ1v) is 13.7. The fraction of sp³-hybridized carbons (Fsp3) is 0.382. The number of rotatable bonds is 0. The van der Waals surface area contributed by atoms with Crippen LogP contribution in [0.4, 0.5) is 0 Å². The molecule has 0 radical (unpaired) electrons. The van der Waals surface area contributed by atoms with Crippen molar-refractivity contribution < 1.29 is 4.42 Å². The maximum atomic E-state index is 6.58. The number of hydrogen-bond donors (Lipinski definition) is 0. The maximum Gasteiger partial charge on any atom is 0.146 e. The van der Waals surface area contributed by atoms with Gasteiger partial charge in [-0.05, 0) is 87.6 Å². The molecule has 0 fully saturated rings. The molecule has 0 spiro atoms. The third-order valence-corrected chi connectivity index (χ3v) is 9.63. The zero-order valence-electron chi connectivity index (χ0n) is 22.9. The average molecular weight is 487 g/mol. The molecule has 3 aromatic heterocycles. The summed E-state index contributed by atoms with van der Waals surface area (Å²) in [6.07, 6.45) is 4.64. The third-order valence-electron chi connectivity index (χ3n) is 9.63. The van der Waals surface area contributed by atoms with Gasteiger partial charge in [0.05, 0.1) is 11.0 Å². The predicted octanol–water partition coefficient (Wildman–Crippen LogP) is 9.28. The topological polar surface area (TPSA) is 30.4 Å². The minimum atomic E-state index is 0.0632. The summed E-state index contributed by atoms with van der Waals surface area (Å²) in [4.78, 5) is 5.32. The molecule has 37 heavy (non-hydrogen) atoms. The highest BCUT2D eigenvalue weighted by Crippen LogP contribution is 2.55. The fourth-order valence-corrected chi connectivity index (χ4v) is 8.06. The standard InChI is InChI=1S/C34H34N2O/c1-18-15-34(7)17-33(5,6)23-14-26-25(13-24(23)34)35-31-30-20(18)9-11-28-29(30)22(16-36(26)31)21-12-19(32(2,3)4)8-10-27(21)37-28/h8-14,16,18H,15,17H2,1-7H3. The molecule has 1 aliphatic carbocycles. The Morgan fingerprint density at radius 2 is 1.70 bits per heavy atom. The normalized spacial score (nSPS) is 22.8. The van der Waals surface area contributed by atoms with E-state index in [1.165, 1.54) is 55.7 Å². The summed E-state index contributed by atoms with van der Waals surface area (Å²) in [7, 11) is 0. The van der Waals surface area contributed by atoms with E-state index in [-0.39, 0.29) is 16.2 Å². The van der Waals surface area contributed by atoms with Crippen LogP contribution in [0.2, 0.25) is 0 Å². The van der Waals surface area contributed by atoms with Gasteiger partial charge in [0, 0.05) is 27.7 Å². The summed E-state index contributed by atoms with van der Waals surface area (Å²) in [6.45, 7) is 16.6. The zero-order valence-corrected chi connectivity index (χ0v) is 22.9. The Morgan fingerprint density at radius 3 is 2.49 bits per heavy atom. The lowest BCUT2D eigenvalue weighted by atomic mass is 9.73. The smallest absolute Gasteiger partial charge is 0.146 e. The van der Waals surface area contributed by atoms with Crippen LogP contribution >= 0.6 is 0 Å².